The van der Waals surface area contributed by atoms with Gasteiger partial charge in [-0.1, -0.05) is 158 Å². The van der Waals surface area contributed by atoms with E-state index in [-0.39, 0.29) is 0 Å². The summed E-state index contributed by atoms with van der Waals surface area (Å²) in [7, 11) is 0. The molecule has 0 aliphatic carbocycles. The Morgan fingerprint density at radius 2 is 0.783 bits per heavy atom. The van der Waals surface area contributed by atoms with Gasteiger partial charge in [0.2, 0.25) is 0 Å². The van der Waals surface area contributed by atoms with Crippen LogP contribution in [0.2, 0.25) is 0 Å². The summed E-state index contributed by atoms with van der Waals surface area (Å²) in [6, 6.07) is 78.0. The number of hydrogen-bond acceptors (Lipinski definition) is 2. The summed E-state index contributed by atoms with van der Waals surface area (Å²) >= 11 is 0. The number of hydrogen-bond donors (Lipinski definition) is 0. The van der Waals surface area contributed by atoms with E-state index in [1.165, 1.54) is 54.5 Å². The largest absolute Gasteiger partial charge is 0.309 e. The lowest BCUT2D eigenvalue weighted by atomic mass is 10.0. The Kier molecular flexibility index (Phi) is 7.82. The van der Waals surface area contributed by atoms with Crippen LogP contribution in [0.3, 0.4) is 0 Å². The van der Waals surface area contributed by atoms with Gasteiger partial charge in [-0.05, 0) is 82.6 Å². The standard InChI is InChI=1S/C56H36N4/c1-3-14-37(15-4-1)39-28-30-44(31-29-39)59-50-24-11-9-22-46(50)54-52(59)32-33-53-55(54)47-23-10-12-25-51(47)60(53)45-21-13-20-42(35-45)48-36-49(58-56(57-48)40-17-5-2-6-18-40)43-27-26-38-16-7-8-19-41(38)34-43/h1-36H. The second-order valence-corrected chi connectivity index (χ2v) is 15.4. The summed E-state index contributed by atoms with van der Waals surface area (Å²) in [5.74, 6) is 0.701. The van der Waals surface area contributed by atoms with Crippen molar-refractivity contribution in [3.63, 3.8) is 0 Å². The Morgan fingerprint density at radius 1 is 0.283 bits per heavy atom. The fraction of sp³-hybridized carbons (Fsp3) is 0. The molecule has 0 bridgehead atoms. The highest BCUT2D eigenvalue weighted by Crippen LogP contribution is 2.43. The molecule has 280 valence electrons. The minimum Gasteiger partial charge on any atom is -0.309 e. The fourth-order valence-electron chi connectivity index (χ4n) is 9.12. The van der Waals surface area contributed by atoms with Gasteiger partial charge in [0.05, 0.1) is 33.5 Å². The number of aromatic nitrogens is 4. The van der Waals surface area contributed by atoms with Gasteiger partial charge < -0.3 is 9.13 Å². The number of fused-ring (bicyclic) bond motifs is 8. The van der Waals surface area contributed by atoms with Gasteiger partial charge >= 0.3 is 0 Å². The zero-order chi connectivity index (χ0) is 39.6. The van der Waals surface area contributed by atoms with Gasteiger partial charge in [-0.2, -0.15) is 0 Å². The summed E-state index contributed by atoms with van der Waals surface area (Å²) in [6.45, 7) is 0. The Balaban J connectivity index is 1.04. The maximum absolute atomic E-state index is 5.21. The first-order valence-electron chi connectivity index (χ1n) is 20.4. The molecular formula is C56H36N4. The number of nitrogens with zero attached hydrogens (tertiary/aromatic N) is 4. The molecule has 4 heteroatoms. The topological polar surface area (TPSA) is 35.6 Å². The first-order valence-corrected chi connectivity index (χ1v) is 20.4. The molecule has 9 aromatic carbocycles. The van der Waals surface area contributed by atoms with Crippen LogP contribution in [0.1, 0.15) is 0 Å². The third-order valence-corrected chi connectivity index (χ3v) is 11.9. The van der Waals surface area contributed by atoms with Crippen molar-refractivity contribution in [1.29, 1.82) is 0 Å². The fourth-order valence-corrected chi connectivity index (χ4v) is 9.12. The second-order valence-electron chi connectivity index (χ2n) is 15.4. The van der Waals surface area contributed by atoms with E-state index in [0.29, 0.717) is 5.82 Å². The average Bonchev–Trinajstić information content (AvgIpc) is 3.85. The van der Waals surface area contributed by atoms with Crippen LogP contribution in [0.4, 0.5) is 0 Å². The molecule has 0 fully saturated rings. The Labute approximate surface area is 346 Å². The van der Waals surface area contributed by atoms with E-state index < -0.39 is 0 Å². The molecule has 0 spiro atoms. The Bertz CT molecular complexity index is 3580. The molecule has 0 radical (unpaired) electrons. The van der Waals surface area contributed by atoms with Crippen molar-refractivity contribution in [1.82, 2.24) is 19.1 Å². The van der Waals surface area contributed by atoms with Gasteiger partial charge in [0, 0.05) is 49.6 Å². The van der Waals surface area contributed by atoms with E-state index >= 15 is 0 Å². The van der Waals surface area contributed by atoms with Crippen LogP contribution < -0.4 is 0 Å². The monoisotopic (exact) mass is 764 g/mol. The van der Waals surface area contributed by atoms with Crippen molar-refractivity contribution in [3.05, 3.63) is 218 Å². The van der Waals surface area contributed by atoms with Crippen LogP contribution in [-0.4, -0.2) is 19.1 Å². The third-order valence-electron chi connectivity index (χ3n) is 11.9. The molecule has 60 heavy (non-hydrogen) atoms. The molecule has 0 amide bonds. The van der Waals surface area contributed by atoms with Crippen molar-refractivity contribution in [2.45, 2.75) is 0 Å². The summed E-state index contributed by atoms with van der Waals surface area (Å²) in [5, 5.41) is 7.34. The molecular weight excluding hydrogens is 729 g/mol. The van der Waals surface area contributed by atoms with Crippen LogP contribution in [0.5, 0.6) is 0 Å². The third kappa shape index (κ3) is 5.53. The second kappa shape index (κ2) is 13.8. The van der Waals surface area contributed by atoms with E-state index in [0.717, 1.165) is 50.5 Å². The predicted molar refractivity (Wildman–Crippen MR) is 250 cm³/mol. The molecule has 0 atom stereocenters. The maximum Gasteiger partial charge on any atom is 0.160 e. The first kappa shape index (κ1) is 34.0. The first-order chi connectivity index (χ1) is 29.7. The van der Waals surface area contributed by atoms with Crippen molar-refractivity contribution >= 4 is 54.4 Å². The van der Waals surface area contributed by atoms with Crippen molar-refractivity contribution in [2.75, 3.05) is 0 Å². The van der Waals surface area contributed by atoms with Crippen LogP contribution in [0.25, 0.3) is 111 Å². The van der Waals surface area contributed by atoms with E-state index in [2.05, 4.69) is 209 Å². The normalized spacial score (nSPS) is 11.7. The van der Waals surface area contributed by atoms with Gasteiger partial charge in [-0.3, -0.25) is 0 Å². The van der Waals surface area contributed by atoms with Crippen LogP contribution in [-0.2, 0) is 0 Å². The minimum atomic E-state index is 0.701. The zero-order valence-electron chi connectivity index (χ0n) is 32.6. The highest BCUT2D eigenvalue weighted by molar-refractivity contribution is 6.29. The Hall–Kier alpha value is -8.08. The number of para-hydroxylation sites is 2. The van der Waals surface area contributed by atoms with Crippen molar-refractivity contribution in [3.8, 4) is 56.4 Å². The van der Waals surface area contributed by atoms with Crippen LogP contribution in [0, 0.1) is 0 Å². The molecule has 0 aliphatic rings. The van der Waals surface area contributed by atoms with Gasteiger partial charge in [0.25, 0.3) is 0 Å². The lowest BCUT2D eigenvalue weighted by Crippen LogP contribution is -1.98. The van der Waals surface area contributed by atoms with Crippen LogP contribution in [0.15, 0.2) is 218 Å². The molecule has 12 rings (SSSR count). The SMILES string of the molecule is c1ccc(-c2ccc(-n3c4ccccc4c4c5c6ccccc6n(-c6cccc(-c7cc(-c8ccc9ccccc9c8)nc(-c8ccccc8)n7)c6)c5ccc43)cc2)cc1. The van der Waals surface area contributed by atoms with E-state index in [9.17, 15) is 0 Å². The van der Waals surface area contributed by atoms with Gasteiger partial charge in [-0.15, -0.1) is 0 Å². The van der Waals surface area contributed by atoms with Crippen LogP contribution >= 0.6 is 0 Å². The molecule has 0 unspecified atom stereocenters. The zero-order valence-corrected chi connectivity index (χ0v) is 32.6. The van der Waals surface area contributed by atoms with Gasteiger partial charge in [0.15, 0.2) is 5.82 Å². The molecule has 3 heterocycles. The van der Waals surface area contributed by atoms with Crippen molar-refractivity contribution < 1.29 is 0 Å². The molecule has 12 aromatic rings. The summed E-state index contributed by atoms with van der Waals surface area (Å²) in [6.07, 6.45) is 0. The quantitative estimate of drug-likeness (QED) is 0.169. The molecule has 3 aromatic heterocycles. The molecule has 0 saturated carbocycles. The summed E-state index contributed by atoms with van der Waals surface area (Å²) in [5.41, 5.74) is 14.1. The van der Waals surface area contributed by atoms with Gasteiger partial charge in [0.1, 0.15) is 0 Å². The lowest BCUT2D eigenvalue weighted by molar-refractivity contribution is 1.16. The highest BCUT2D eigenvalue weighted by Gasteiger charge is 2.21. The predicted octanol–water partition coefficient (Wildman–Crippen LogP) is 14.5. The number of rotatable bonds is 6. The van der Waals surface area contributed by atoms with Gasteiger partial charge in [-0.25, -0.2) is 9.97 Å². The van der Waals surface area contributed by atoms with E-state index in [4.69, 9.17) is 9.97 Å². The molecule has 0 saturated heterocycles. The lowest BCUT2D eigenvalue weighted by Gasteiger charge is -2.13. The highest BCUT2D eigenvalue weighted by atomic mass is 15.0. The molecule has 0 aliphatic heterocycles. The maximum atomic E-state index is 5.21. The van der Waals surface area contributed by atoms with E-state index in [1.54, 1.807) is 0 Å². The smallest absolute Gasteiger partial charge is 0.160 e. The average molecular weight is 765 g/mol. The summed E-state index contributed by atoms with van der Waals surface area (Å²) in [4.78, 5) is 10.4. The van der Waals surface area contributed by atoms with E-state index in [1.807, 2.05) is 18.2 Å². The molecule has 4 nitrogen and oxygen atoms in total. The minimum absolute atomic E-state index is 0.701. The number of benzene rings is 9. The summed E-state index contributed by atoms with van der Waals surface area (Å²) < 4.78 is 4.83. The van der Waals surface area contributed by atoms with Crippen molar-refractivity contribution in [2.24, 2.45) is 0 Å². The molecule has 0 N–H and O–H groups in total. The Morgan fingerprint density at radius 3 is 1.45 bits per heavy atom.